The molecule has 7 rings (SSSR count). The number of nitrogens with one attached hydrogen (secondary N) is 2. The van der Waals surface area contributed by atoms with Crippen molar-refractivity contribution < 1.29 is 9.53 Å². The number of hydrogen-bond acceptors (Lipinski definition) is 6. The number of piperidine rings is 1. The highest BCUT2D eigenvalue weighted by atomic mass is 16.5. The number of aryl methyl sites for hydroxylation is 1. The lowest BCUT2D eigenvalue weighted by molar-refractivity contribution is 0.00212. The molecule has 2 saturated heterocycles. The van der Waals surface area contributed by atoms with E-state index < -0.39 is 0 Å². The van der Waals surface area contributed by atoms with Crippen LogP contribution in [0.4, 0.5) is 5.69 Å². The van der Waals surface area contributed by atoms with Gasteiger partial charge in [0, 0.05) is 50.8 Å². The van der Waals surface area contributed by atoms with Gasteiger partial charge in [0.05, 0.1) is 11.7 Å². The standard InChI is InChI=1S/C31H35N7O2/c39-30(28-34-27(35-36-28)20-22-4-2-1-3-5-22)33-25-9-7-23-6-8-24(21-26(23)38-17-14-32-29(25)38)37-15-10-31(11-16-37)12-18-40-19-13-31/h1-6,8,14,17,21,25H,7,9-13,15-16,18-20H2,(H,33,39)(H,34,35,36). The van der Waals surface area contributed by atoms with E-state index in [0.717, 1.165) is 56.2 Å². The van der Waals surface area contributed by atoms with Gasteiger partial charge in [0.15, 0.2) is 0 Å². The molecule has 2 fully saturated rings. The number of carbonyl (C=O) groups is 1. The summed E-state index contributed by atoms with van der Waals surface area (Å²) in [5.41, 5.74) is 5.25. The molecule has 4 aromatic rings. The molecule has 0 radical (unpaired) electrons. The van der Waals surface area contributed by atoms with Gasteiger partial charge in [0.25, 0.3) is 5.91 Å². The maximum absolute atomic E-state index is 13.2. The number of hydrogen-bond donors (Lipinski definition) is 2. The maximum Gasteiger partial charge on any atom is 0.291 e. The first kappa shape index (κ1) is 25.0. The zero-order valence-corrected chi connectivity index (χ0v) is 22.7. The molecule has 1 amide bonds. The second kappa shape index (κ2) is 10.5. The van der Waals surface area contributed by atoms with Crippen molar-refractivity contribution in [3.63, 3.8) is 0 Å². The SMILES string of the molecule is O=C(NC1CCc2ccc(N3CCC4(CCOCC4)CC3)cc2-n2ccnc21)c1n[nH]c(Cc2ccccc2)n1. The lowest BCUT2D eigenvalue weighted by Gasteiger charge is -2.45. The Bertz CT molecular complexity index is 1480. The van der Waals surface area contributed by atoms with E-state index in [0.29, 0.717) is 17.7 Å². The van der Waals surface area contributed by atoms with Crippen molar-refractivity contribution >= 4 is 11.6 Å². The Morgan fingerprint density at radius 3 is 2.73 bits per heavy atom. The minimum atomic E-state index is -0.294. The van der Waals surface area contributed by atoms with Gasteiger partial charge in [-0.1, -0.05) is 36.4 Å². The van der Waals surface area contributed by atoms with Crippen molar-refractivity contribution in [1.82, 2.24) is 30.0 Å². The van der Waals surface area contributed by atoms with Gasteiger partial charge in [-0.2, -0.15) is 0 Å². The molecular formula is C31H35N7O2. The summed E-state index contributed by atoms with van der Waals surface area (Å²) in [4.78, 5) is 24.8. The summed E-state index contributed by atoms with van der Waals surface area (Å²) in [7, 11) is 0. The topological polar surface area (TPSA) is 101 Å². The number of benzene rings is 2. The van der Waals surface area contributed by atoms with Gasteiger partial charge in [-0.05, 0) is 67.2 Å². The number of aromatic nitrogens is 5. The lowest BCUT2D eigenvalue weighted by Crippen LogP contribution is -2.43. The van der Waals surface area contributed by atoms with Crippen molar-refractivity contribution in [2.45, 2.75) is 51.0 Å². The summed E-state index contributed by atoms with van der Waals surface area (Å²) in [6, 6.07) is 16.6. The van der Waals surface area contributed by atoms with Crippen molar-refractivity contribution in [3.05, 3.63) is 89.5 Å². The third-order valence-electron chi connectivity index (χ3n) is 9.01. The van der Waals surface area contributed by atoms with Gasteiger partial charge in [-0.15, -0.1) is 5.10 Å². The van der Waals surface area contributed by atoms with E-state index in [9.17, 15) is 4.79 Å². The van der Waals surface area contributed by atoms with Crippen LogP contribution in [-0.4, -0.2) is 56.9 Å². The third kappa shape index (κ3) is 4.90. The Balaban J connectivity index is 1.06. The molecule has 9 heteroatoms. The fourth-order valence-corrected chi connectivity index (χ4v) is 6.56. The van der Waals surface area contributed by atoms with E-state index in [4.69, 9.17) is 4.74 Å². The van der Waals surface area contributed by atoms with Crippen LogP contribution in [0.25, 0.3) is 5.69 Å². The van der Waals surface area contributed by atoms with Crippen LogP contribution in [0.3, 0.4) is 0 Å². The molecule has 1 unspecified atom stereocenters. The highest BCUT2D eigenvalue weighted by Gasteiger charge is 2.36. The lowest BCUT2D eigenvalue weighted by atomic mass is 9.72. The van der Waals surface area contributed by atoms with Crippen molar-refractivity contribution in [1.29, 1.82) is 0 Å². The first-order chi connectivity index (χ1) is 19.7. The summed E-state index contributed by atoms with van der Waals surface area (Å²) in [6.45, 7) is 3.98. The molecule has 3 aliphatic rings. The number of anilines is 1. The molecule has 2 N–H and O–H groups in total. The average molecular weight is 538 g/mol. The second-order valence-corrected chi connectivity index (χ2v) is 11.4. The van der Waals surface area contributed by atoms with Crippen LogP contribution in [0.1, 0.15) is 71.5 Å². The molecule has 1 spiro atoms. The number of fused-ring (bicyclic) bond motifs is 3. The molecule has 2 aromatic heterocycles. The maximum atomic E-state index is 13.2. The van der Waals surface area contributed by atoms with Gasteiger partial charge in [-0.25, -0.2) is 9.97 Å². The summed E-state index contributed by atoms with van der Waals surface area (Å²) in [5.74, 6) is 1.36. The number of nitrogens with zero attached hydrogens (tertiary/aromatic N) is 5. The van der Waals surface area contributed by atoms with E-state index in [1.54, 1.807) is 0 Å². The molecular weight excluding hydrogens is 502 g/mol. The smallest absolute Gasteiger partial charge is 0.291 e. The Labute approximate surface area is 234 Å². The molecule has 9 nitrogen and oxygen atoms in total. The van der Waals surface area contributed by atoms with Crippen LogP contribution in [-0.2, 0) is 17.6 Å². The number of carbonyl (C=O) groups excluding carboxylic acids is 1. The highest BCUT2D eigenvalue weighted by molar-refractivity contribution is 5.90. The van der Waals surface area contributed by atoms with Gasteiger partial charge in [0.2, 0.25) is 5.82 Å². The van der Waals surface area contributed by atoms with E-state index in [1.807, 2.05) is 42.7 Å². The van der Waals surface area contributed by atoms with Crippen LogP contribution < -0.4 is 10.2 Å². The predicted molar refractivity (Wildman–Crippen MR) is 152 cm³/mol. The van der Waals surface area contributed by atoms with Gasteiger partial charge in [-0.3, -0.25) is 9.89 Å². The first-order valence-electron chi connectivity index (χ1n) is 14.4. The first-order valence-corrected chi connectivity index (χ1v) is 14.4. The third-order valence-corrected chi connectivity index (χ3v) is 9.01. The molecule has 40 heavy (non-hydrogen) atoms. The van der Waals surface area contributed by atoms with Crippen molar-refractivity contribution in [2.75, 3.05) is 31.2 Å². The summed E-state index contributed by atoms with van der Waals surface area (Å²) in [6.07, 6.45) is 10.9. The minimum Gasteiger partial charge on any atom is -0.381 e. The van der Waals surface area contributed by atoms with Crippen LogP contribution in [0.15, 0.2) is 60.9 Å². The molecule has 1 atom stereocenters. The van der Waals surface area contributed by atoms with Gasteiger partial charge < -0.3 is 19.5 Å². The molecule has 206 valence electrons. The molecule has 2 aromatic carbocycles. The molecule has 5 heterocycles. The monoisotopic (exact) mass is 537 g/mol. The summed E-state index contributed by atoms with van der Waals surface area (Å²) in [5, 5.41) is 10.3. The second-order valence-electron chi connectivity index (χ2n) is 11.4. The molecule has 0 saturated carbocycles. The molecule has 0 bridgehead atoms. The molecule has 3 aliphatic heterocycles. The van der Waals surface area contributed by atoms with Crippen molar-refractivity contribution in [2.24, 2.45) is 5.41 Å². The number of ether oxygens (including phenoxy) is 1. The zero-order valence-electron chi connectivity index (χ0n) is 22.7. The summed E-state index contributed by atoms with van der Waals surface area (Å²) >= 11 is 0. The van der Waals surface area contributed by atoms with E-state index >= 15 is 0 Å². The highest BCUT2D eigenvalue weighted by Crippen LogP contribution is 2.42. The van der Waals surface area contributed by atoms with Crippen LogP contribution >= 0.6 is 0 Å². The minimum absolute atomic E-state index is 0.153. The number of aromatic amines is 1. The Hall–Kier alpha value is -3.98. The van der Waals surface area contributed by atoms with E-state index in [1.165, 1.54) is 36.9 Å². The van der Waals surface area contributed by atoms with Crippen LogP contribution in [0.5, 0.6) is 0 Å². The average Bonchev–Trinajstić information content (AvgIpc) is 3.64. The fourth-order valence-electron chi connectivity index (χ4n) is 6.56. The predicted octanol–water partition coefficient (Wildman–Crippen LogP) is 4.40. The van der Waals surface area contributed by atoms with Crippen LogP contribution in [0, 0.1) is 5.41 Å². The summed E-state index contributed by atoms with van der Waals surface area (Å²) < 4.78 is 7.77. The quantitative estimate of drug-likeness (QED) is 0.392. The zero-order chi connectivity index (χ0) is 26.9. The number of imidazole rings is 1. The fraction of sp³-hybridized carbons (Fsp3) is 0.419. The normalized spacial score (nSPS) is 20.0. The largest absolute Gasteiger partial charge is 0.381 e. The number of H-pyrrole nitrogens is 1. The van der Waals surface area contributed by atoms with Crippen molar-refractivity contribution in [3.8, 4) is 5.69 Å². The van der Waals surface area contributed by atoms with E-state index in [2.05, 4.69) is 53.1 Å². The van der Waals surface area contributed by atoms with Gasteiger partial charge >= 0.3 is 0 Å². The molecule has 0 aliphatic carbocycles. The number of amides is 1. The van der Waals surface area contributed by atoms with E-state index in [-0.39, 0.29) is 17.8 Å². The number of rotatable bonds is 5. The van der Waals surface area contributed by atoms with Gasteiger partial charge in [0.1, 0.15) is 11.6 Å². The Morgan fingerprint density at radius 1 is 1.07 bits per heavy atom. The Morgan fingerprint density at radius 2 is 1.90 bits per heavy atom. The van der Waals surface area contributed by atoms with Crippen LogP contribution in [0.2, 0.25) is 0 Å². The Kier molecular flexibility index (Phi) is 6.59.